The van der Waals surface area contributed by atoms with Crippen molar-refractivity contribution >= 4 is 31.9 Å². The molecule has 1 aromatic carbocycles. The van der Waals surface area contributed by atoms with E-state index in [0.717, 1.165) is 6.42 Å². The third-order valence-corrected chi connectivity index (χ3v) is 3.30. The molecule has 0 spiro atoms. The van der Waals surface area contributed by atoms with Crippen LogP contribution in [0.5, 0.6) is 0 Å². The van der Waals surface area contributed by atoms with Crippen LogP contribution in [-0.2, 0) is 6.42 Å². The van der Waals surface area contributed by atoms with E-state index in [4.69, 9.17) is 0 Å². The zero-order valence-electron chi connectivity index (χ0n) is 11.3. The van der Waals surface area contributed by atoms with E-state index in [0.29, 0.717) is 0 Å². The highest BCUT2D eigenvalue weighted by Crippen LogP contribution is 2.25. The molecule has 0 heterocycles. The Bertz CT molecular complexity index is 280. The van der Waals surface area contributed by atoms with Gasteiger partial charge in [0.25, 0.3) is 0 Å². The van der Waals surface area contributed by atoms with E-state index < -0.39 is 0 Å². The standard InChI is InChI=1S/C9H10Br2.C3H8.C2H6.CH4/c1-3-7-5-8(10)6(2)4-9(7)11;1-3-2;1-2;/h4-5H,3H2,1-2H3;3H2,1-2H3;1-2H3;1H4. The molecule has 0 atom stereocenters. The molecule has 0 aliphatic heterocycles. The maximum Gasteiger partial charge on any atom is 0.0210 e. The van der Waals surface area contributed by atoms with Crippen LogP contribution in [0.1, 0.15) is 59.6 Å². The molecule has 0 nitrogen and oxygen atoms in total. The Hall–Kier alpha value is 0.180. The molecule has 2 heteroatoms. The van der Waals surface area contributed by atoms with Gasteiger partial charge in [-0.3, -0.25) is 0 Å². The van der Waals surface area contributed by atoms with E-state index in [-0.39, 0.29) is 7.43 Å². The van der Waals surface area contributed by atoms with Crippen LogP contribution in [0.15, 0.2) is 21.1 Å². The summed E-state index contributed by atoms with van der Waals surface area (Å²) in [4.78, 5) is 0. The highest BCUT2D eigenvalue weighted by Gasteiger charge is 2.00. The molecule has 1 aromatic rings. The molecule has 0 aliphatic carbocycles. The van der Waals surface area contributed by atoms with Gasteiger partial charge in [-0.2, -0.15) is 0 Å². The monoisotopic (exact) mass is 366 g/mol. The van der Waals surface area contributed by atoms with Gasteiger partial charge in [0.05, 0.1) is 0 Å². The molecule has 0 aromatic heterocycles. The van der Waals surface area contributed by atoms with Crippen molar-refractivity contribution in [2.24, 2.45) is 0 Å². The van der Waals surface area contributed by atoms with Crippen LogP contribution in [0.3, 0.4) is 0 Å². The molecule has 0 bridgehead atoms. The first kappa shape index (κ1) is 22.4. The summed E-state index contributed by atoms with van der Waals surface area (Å²) in [5.74, 6) is 0. The van der Waals surface area contributed by atoms with Gasteiger partial charge in [0, 0.05) is 8.95 Å². The number of benzene rings is 1. The molecule has 0 fully saturated rings. The van der Waals surface area contributed by atoms with Gasteiger partial charge in [-0.05, 0) is 36.6 Å². The maximum absolute atomic E-state index is 3.52. The van der Waals surface area contributed by atoms with Crippen molar-refractivity contribution in [3.63, 3.8) is 0 Å². The van der Waals surface area contributed by atoms with Crippen LogP contribution in [0.25, 0.3) is 0 Å². The zero-order chi connectivity index (χ0) is 13.1. The van der Waals surface area contributed by atoms with Gasteiger partial charge in [0.2, 0.25) is 0 Å². The molecule has 0 amide bonds. The Morgan fingerprint density at radius 1 is 0.941 bits per heavy atom. The molecule has 1 rings (SSSR count). The van der Waals surface area contributed by atoms with Crippen molar-refractivity contribution in [2.45, 2.75) is 61.8 Å². The van der Waals surface area contributed by atoms with Crippen molar-refractivity contribution < 1.29 is 0 Å². The quantitative estimate of drug-likeness (QED) is 0.493. The summed E-state index contributed by atoms with van der Waals surface area (Å²) in [6.07, 6.45) is 2.32. The van der Waals surface area contributed by atoms with Crippen LogP contribution < -0.4 is 0 Å². The van der Waals surface area contributed by atoms with Crippen molar-refractivity contribution in [1.29, 1.82) is 0 Å². The van der Waals surface area contributed by atoms with E-state index >= 15 is 0 Å². The Balaban J connectivity index is -0.000000286. The summed E-state index contributed by atoms with van der Waals surface area (Å²) >= 11 is 7.02. The fourth-order valence-electron chi connectivity index (χ4n) is 0.958. The summed E-state index contributed by atoms with van der Waals surface area (Å²) in [7, 11) is 0. The minimum Gasteiger partial charge on any atom is -0.0776 e. The second-order valence-electron chi connectivity index (χ2n) is 3.25. The smallest absolute Gasteiger partial charge is 0.0210 e. The third-order valence-electron chi connectivity index (χ3n) is 1.71. The van der Waals surface area contributed by atoms with Crippen LogP contribution in [0.4, 0.5) is 0 Å². The minimum atomic E-state index is 0. The van der Waals surface area contributed by atoms with E-state index in [1.54, 1.807) is 0 Å². The third kappa shape index (κ3) is 9.84. The summed E-state index contributed by atoms with van der Waals surface area (Å²) < 4.78 is 2.40. The normalized spacial score (nSPS) is 8.00. The molecule has 0 unspecified atom stereocenters. The number of halogens is 2. The van der Waals surface area contributed by atoms with Crippen molar-refractivity contribution in [2.75, 3.05) is 0 Å². The molecule has 102 valence electrons. The summed E-state index contributed by atoms with van der Waals surface area (Å²) in [5.41, 5.74) is 2.62. The van der Waals surface area contributed by atoms with Crippen molar-refractivity contribution in [3.05, 3.63) is 32.2 Å². The molecule has 0 saturated heterocycles. The largest absolute Gasteiger partial charge is 0.0776 e. The molecular formula is C15H28Br2. The average Bonchev–Trinajstić information content (AvgIpc) is 2.27. The first-order valence-corrected chi connectivity index (χ1v) is 7.59. The lowest BCUT2D eigenvalue weighted by Gasteiger charge is -2.04. The molecule has 0 saturated carbocycles. The molecule has 0 radical (unpaired) electrons. The van der Waals surface area contributed by atoms with E-state index in [9.17, 15) is 0 Å². The predicted octanol–water partition coefficient (Wildman–Crippen LogP) is 7.16. The maximum atomic E-state index is 3.52. The Morgan fingerprint density at radius 2 is 1.35 bits per heavy atom. The number of hydrogen-bond donors (Lipinski definition) is 0. The van der Waals surface area contributed by atoms with E-state index in [1.807, 2.05) is 13.8 Å². The Labute approximate surface area is 125 Å². The van der Waals surface area contributed by atoms with Crippen LogP contribution in [0, 0.1) is 6.92 Å². The highest BCUT2D eigenvalue weighted by molar-refractivity contribution is 9.11. The highest BCUT2D eigenvalue weighted by atomic mass is 79.9. The fourth-order valence-corrected chi connectivity index (χ4v) is 2.09. The molecule has 17 heavy (non-hydrogen) atoms. The Morgan fingerprint density at radius 3 is 1.71 bits per heavy atom. The first-order chi connectivity index (χ1) is 7.56. The van der Waals surface area contributed by atoms with Crippen LogP contribution >= 0.6 is 31.9 Å². The minimum absolute atomic E-state index is 0. The van der Waals surface area contributed by atoms with Gasteiger partial charge in [0.15, 0.2) is 0 Å². The van der Waals surface area contributed by atoms with Gasteiger partial charge < -0.3 is 0 Å². The van der Waals surface area contributed by atoms with Crippen molar-refractivity contribution in [3.8, 4) is 0 Å². The Kier molecular flexibility index (Phi) is 18.7. The van der Waals surface area contributed by atoms with Crippen LogP contribution in [0.2, 0.25) is 0 Å². The zero-order valence-corrected chi connectivity index (χ0v) is 14.5. The first-order valence-electron chi connectivity index (χ1n) is 6.01. The fraction of sp³-hybridized carbons (Fsp3) is 0.600. The lowest BCUT2D eigenvalue weighted by atomic mass is 10.1. The van der Waals surface area contributed by atoms with Gasteiger partial charge in [0.1, 0.15) is 0 Å². The lowest BCUT2D eigenvalue weighted by molar-refractivity contribution is 1.09. The second-order valence-corrected chi connectivity index (χ2v) is 4.96. The predicted molar refractivity (Wildman–Crippen MR) is 90.0 cm³/mol. The summed E-state index contributed by atoms with van der Waals surface area (Å²) in [6, 6.07) is 4.31. The van der Waals surface area contributed by atoms with Gasteiger partial charge >= 0.3 is 0 Å². The van der Waals surface area contributed by atoms with Gasteiger partial charge in [-0.15, -0.1) is 0 Å². The molecular weight excluding hydrogens is 340 g/mol. The van der Waals surface area contributed by atoms with E-state index in [1.165, 1.54) is 26.5 Å². The van der Waals surface area contributed by atoms with Crippen LogP contribution in [-0.4, -0.2) is 0 Å². The average molecular weight is 368 g/mol. The number of rotatable bonds is 1. The SMILES string of the molecule is C.CC.CCC.CCc1cc(Br)c(C)cc1Br. The topological polar surface area (TPSA) is 0 Å². The summed E-state index contributed by atoms with van der Waals surface area (Å²) in [6.45, 7) is 12.5. The van der Waals surface area contributed by atoms with Gasteiger partial charge in [-0.1, -0.05) is 80.3 Å². The number of aryl methyl sites for hydroxylation is 2. The molecule has 0 N–H and O–H groups in total. The second kappa shape index (κ2) is 14.2. The van der Waals surface area contributed by atoms with E-state index in [2.05, 4.69) is 71.7 Å². The lowest BCUT2D eigenvalue weighted by Crippen LogP contribution is -1.85. The molecule has 0 aliphatic rings. The summed E-state index contributed by atoms with van der Waals surface area (Å²) in [5, 5.41) is 0. The van der Waals surface area contributed by atoms with Gasteiger partial charge in [-0.25, -0.2) is 0 Å². The van der Waals surface area contributed by atoms with Crippen molar-refractivity contribution in [1.82, 2.24) is 0 Å². The number of hydrogen-bond acceptors (Lipinski definition) is 0.